The number of piperidine rings is 1. The molecule has 1 aliphatic rings. The van der Waals surface area contributed by atoms with E-state index in [0.717, 1.165) is 42.6 Å². The van der Waals surface area contributed by atoms with Crippen LogP contribution in [0.25, 0.3) is 21.9 Å². The van der Waals surface area contributed by atoms with Crippen molar-refractivity contribution in [2.45, 2.75) is 39.2 Å². The second kappa shape index (κ2) is 8.03. The molecule has 5 rings (SSSR count). The third-order valence-electron chi connectivity index (χ3n) is 6.67. The molecule has 170 valence electrons. The van der Waals surface area contributed by atoms with E-state index < -0.39 is 5.97 Å². The maximum atomic E-state index is 13.3. The summed E-state index contributed by atoms with van der Waals surface area (Å²) in [5, 5.41) is 10.1. The molecule has 1 unspecified atom stereocenters. The summed E-state index contributed by atoms with van der Waals surface area (Å²) in [6, 6.07) is 8.92. The van der Waals surface area contributed by atoms with Crippen LogP contribution in [0, 0.1) is 6.92 Å². The molecular weight excluding hydrogens is 418 g/mol. The molecule has 3 heterocycles. The molecule has 8 nitrogen and oxygen atoms in total. The van der Waals surface area contributed by atoms with Gasteiger partial charge in [-0.15, -0.1) is 0 Å². The van der Waals surface area contributed by atoms with Crippen molar-refractivity contribution in [3.05, 3.63) is 63.7 Å². The number of benzene rings is 2. The molecule has 1 atom stereocenters. The third-order valence-corrected chi connectivity index (χ3v) is 6.67. The van der Waals surface area contributed by atoms with Gasteiger partial charge in [0, 0.05) is 25.7 Å². The summed E-state index contributed by atoms with van der Waals surface area (Å²) in [4.78, 5) is 36.6. The molecule has 0 bridgehead atoms. The smallest absolute Gasteiger partial charge is 0.337 e. The quantitative estimate of drug-likeness (QED) is 0.512. The number of nitrogens with zero attached hydrogens (tertiary/aromatic N) is 5. The molecule has 2 aromatic carbocycles. The highest BCUT2D eigenvalue weighted by Gasteiger charge is 2.22. The molecule has 0 radical (unpaired) electrons. The molecular formula is C25H27N5O3. The van der Waals surface area contributed by atoms with Gasteiger partial charge in [0.05, 0.1) is 34.4 Å². The summed E-state index contributed by atoms with van der Waals surface area (Å²) < 4.78 is 3.61. The van der Waals surface area contributed by atoms with Gasteiger partial charge < -0.3 is 14.6 Å². The Balaban J connectivity index is 1.72. The van der Waals surface area contributed by atoms with E-state index in [1.54, 1.807) is 30.1 Å². The maximum Gasteiger partial charge on any atom is 0.337 e. The van der Waals surface area contributed by atoms with Crippen LogP contribution < -0.4 is 10.5 Å². The highest BCUT2D eigenvalue weighted by Crippen LogP contribution is 2.31. The van der Waals surface area contributed by atoms with E-state index in [2.05, 4.69) is 16.0 Å². The molecule has 8 heteroatoms. The number of imidazole rings is 1. The van der Waals surface area contributed by atoms with Crippen molar-refractivity contribution in [1.29, 1.82) is 0 Å². The molecule has 0 saturated carbocycles. The van der Waals surface area contributed by atoms with Gasteiger partial charge in [0.2, 0.25) is 5.95 Å². The lowest BCUT2D eigenvalue weighted by atomic mass is 10.0. The predicted molar refractivity (Wildman–Crippen MR) is 128 cm³/mol. The van der Waals surface area contributed by atoms with Crippen molar-refractivity contribution in [2.24, 2.45) is 7.05 Å². The van der Waals surface area contributed by atoms with E-state index in [9.17, 15) is 14.7 Å². The SMILES string of the molecule is Cc1cc(C(C)n2cnc3c(C(=O)O)cccc32)c2nc(N3CCCCC3)n(C)c(=O)c2c1. The van der Waals surface area contributed by atoms with Gasteiger partial charge in [-0.3, -0.25) is 9.36 Å². The number of anilines is 1. The van der Waals surface area contributed by atoms with Gasteiger partial charge in [0.25, 0.3) is 5.56 Å². The van der Waals surface area contributed by atoms with Crippen molar-refractivity contribution >= 4 is 33.9 Å². The number of aryl methyl sites for hydroxylation is 1. The number of para-hydroxylation sites is 1. The van der Waals surface area contributed by atoms with Crippen LogP contribution in [0.3, 0.4) is 0 Å². The van der Waals surface area contributed by atoms with E-state index in [0.29, 0.717) is 22.4 Å². The molecule has 1 saturated heterocycles. The average molecular weight is 446 g/mol. The molecule has 1 N–H and O–H groups in total. The molecule has 0 aliphatic carbocycles. The summed E-state index contributed by atoms with van der Waals surface area (Å²) in [6.45, 7) is 5.80. The number of carbonyl (C=O) groups is 1. The first kappa shape index (κ1) is 21.2. The number of fused-ring (bicyclic) bond motifs is 2. The van der Waals surface area contributed by atoms with Crippen LogP contribution in [0.2, 0.25) is 0 Å². The van der Waals surface area contributed by atoms with Crippen molar-refractivity contribution < 1.29 is 9.90 Å². The molecule has 2 aromatic heterocycles. The molecule has 0 amide bonds. The van der Waals surface area contributed by atoms with Crippen LogP contribution in [0.5, 0.6) is 0 Å². The molecule has 0 spiro atoms. The highest BCUT2D eigenvalue weighted by molar-refractivity contribution is 6.01. The van der Waals surface area contributed by atoms with Crippen LogP contribution in [-0.4, -0.2) is 43.3 Å². The third kappa shape index (κ3) is 3.46. The number of carboxylic acids is 1. The molecule has 1 fully saturated rings. The maximum absolute atomic E-state index is 13.3. The van der Waals surface area contributed by atoms with Crippen molar-refractivity contribution in [3.8, 4) is 0 Å². The summed E-state index contributed by atoms with van der Waals surface area (Å²) in [5.41, 5.74) is 3.88. The number of carboxylic acid groups (broad SMARTS) is 1. The molecule has 1 aliphatic heterocycles. The van der Waals surface area contributed by atoms with Crippen LogP contribution in [0.4, 0.5) is 5.95 Å². The standard InChI is InChI=1S/C25H27N5O3/c1-15-12-18(16(2)30-14-26-22-17(24(32)33)8-7-9-20(22)30)21-19(13-15)23(31)28(3)25(27-21)29-10-5-4-6-11-29/h7-9,12-14,16H,4-6,10-11H2,1-3H3,(H,32,33). The lowest BCUT2D eigenvalue weighted by Crippen LogP contribution is -2.35. The number of aromatic nitrogens is 4. The lowest BCUT2D eigenvalue weighted by Gasteiger charge is -2.29. The minimum Gasteiger partial charge on any atom is -0.478 e. The normalized spacial score (nSPS) is 15.3. The van der Waals surface area contributed by atoms with Crippen molar-refractivity contribution in [3.63, 3.8) is 0 Å². The number of hydrogen-bond acceptors (Lipinski definition) is 5. The second-order valence-electron chi connectivity index (χ2n) is 8.88. The summed E-state index contributed by atoms with van der Waals surface area (Å²) in [5.74, 6) is -0.302. The van der Waals surface area contributed by atoms with Crippen molar-refractivity contribution in [2.75, 3.05) is 18.0 Å². The fourth-order valence-corrected chi connectivity index (χ4v) is 4.92. The lowest BCUT2D eigenvalue weighted by molar-refractivity contribution is 0.0699. The Kier molecular flexibility index (Phi) is 5.15. The Morgan fingerprint density at radius 3 is 2.61 bits per heavy atom. The van der Waals surface area contributed by atoms with Gasteiger partial charge in [-0.1, -0.05) is 12.1 Å². The van der Waals surface area contributed by atoms with E-state index in [1.807, 2.05) is 30.5 Å². The van der Waals surface area contributed by atoms with Crippen LogP contribution >= 0.6 is 0 Å². The second-order valence-corrected chi connectivity index (χ2v) is 8.88. The van der Waals surface area contributed by atoms with Crippen LogP contribution in [0.15, 0.2) is 41.5 Å². The van der Waals surface area contributed by atoms with Crippen LogP contribution in [0.1, 0.15) is 53.7 Å². The highest BCUT2D eigenvalue weighted by atomic mass is 16.4. The van der Waals surface area contributed by atoms with Gasteiger partial charge in [-0.05, 0) is 56.9 Å². The summed E-state index contributed by atoms with van der Waals surface area (Å²) >= 11 is 0. The van der Waals surface area contributed by atoms with E-state index in [1.165, 1.54) is 6.42 Å². The van der Waals surface area contributed by atoms with E-state index in [-0.39, 0.29) is 17.2 Å². The first-order valence-electron chi connectivity index (χ1n) is 11.3. The first-order valence-corrected chi connectivity index (χ1v) is 11.3. The first-order chi connectivity index (χ1) is 15.9. The topological polar surface area (TPSA) is 93.2 Å². The summed E-state index contributed by atoms with van der Waals surface area (Å²) in [7, 11) is 1.79. The van der Waals surface area contributed by atoms with E-state index in [4.69, 9.17) is 4.98 Å². The fourth-order valence-electron chi connectivity index (χ4n) is 4.92. The van der Waals surface area contributed by atoms with Gasteiger partial charge in [0.15, 0.2) is 0 Å². The van der Waals surface area contributed by atoms with Crippen molar-refractivity contribution in [1.82, 2.24) is 19.1 Å². The molecule has 4 aromatic rings. The van der Waals surface area contributed by atoms with Gasteiger partial charge >= 0.3 is 5.97 Å². The fraction of sp³-hybridized carbons (Fsp3) is 0.360. The number of aromatic carboxylic acids is 1. The molecule has 33 heavy (non-hydrogen) atoms. The zero-order valence-electron chi connectivity index (χ0n) is 19.1. The zero-order valence-corrected chi connectivity index (χ0v) is 19.1. The van der Waals surface area contributed by atoms with Gasteiger partial charge in [-0.25, -0.2) is 14.8 Å². The van der Waals surface area contributed by atoms with Gasteiger partial charge in [0.1, 0.15) is 5.52 Å². The Bertz CT molecular complexity index is 1450. The minimum atomic E-state index is -1.00. The Morgan fingerprint density at radius 2 is 1.88 bits per heavy atom. The Hall–Kier alpha value is -3.68. The minimum absolute atomic E-state index is 0.0543. The van der Waals surface area contributed by atoms with Crippen LogP contribution in [-0.2, 0) is 7.05 Å². The van der Waals surface area contributed by atoms with E-state index >= 15 is 0 Å². The summed E-state index contributed by atoms with van der Waals surface area (Å²) in [6.07, 6.45) is 5.06. The predicted octanol–water partition coefficient (Wildman–Crippen LogP) is 3.89. The largest absolute Gasteiger partial charge is 0.478 e. The Morgan fingerprint density at radius 1 is 1.12 bits per heavy atom. The monoisotopic (exact) mass is 445 g/mol. The average Bonchev–Trinajstić information content (AvgIpc) is 3.25. The number of rotatable bonds is 4. The Labute approximate surface area is 191 Å². The zero-order chi connectivity index (χ0) is 23.3. The van der Waals surface area contributed by atoms with Gasteiger partial charge in [-0.2, -0.15) is 0 Å². The number of hydrogen-bond donors (Lipinski definition) is 1.